The van der Waals surface area contributed by atoms with Gasteiger partial charge in [-0.1, -0.05) is 63.0 Å². The predicted octanol–water partition coefficient (Wildman–Crippen LogP) is 5.53. The number of carbonyl (C=O) groups excluding carboxylic acids is 1. The van der Waals surface area contributed by atoms with Crippen LogP contribution in [0.1, 0.15) is 49.8 Å². The number of rotatable bonds is 6. The lowest BCUT2D eigenvalue weighted by Crippen LogP contribution is -2.28. The van der Waals surface area contributed by atoms with Crippen LogP contribution in [0.5, 0.6) is 11.6 Å². The summed E-state index contributed by atoms with van der Waals surface area (Å²) in [6, 6.07) is 11.3. The van der Waals surface area contributed by atoms with E-state index in [-0.39, 0.29) is 28.8 Å². The lowest BCUT2D eigenvalue weighted by molar-refractivity contribution is -0.122. The van der Waals surface area contributed by atoms with E-state index in [1.54, 1.807) is 29.3 Å². The van der Waals surface area contributed by atoms with E-state index >= 15 is 0 Å². The molecule has 1 aromatic carbocycles. The second-order valence-electron chi connectivity index (χ2n) is 8.20. The molecule has 0 spiro atoms. The maximum absolute atomic E-state index is 13.4. The maximum atomic E-state index is 13.4. The quantitative estimate of drug-likeness (QED) is 0.342. The number of carbonyl (C=O) groups is 1. The Morgan fingerprint density at radius 3 is 2.73 bits per heavy atom. The lowest BCUT2D eigenvalue weighted by atomic mass is 10.0. The standard InChI is InChI=1S/C25H25N3O3S2/c1-5-11-28-24(30)20(33-25(28)32)14-18-22(26-21-8-6-7-12-27(21)23(18)29)31-19-13-16(4)9-10-17(19)15(2)3/h6-10,12-15H,5,11H2,1-4H3. The number of pyridine rings is 1. The summed E-state index contributed by atoms with van der Waals surface area (Å²) in [6.07, 6.45) is 4.00. The molecule has 0 atom stereocenters. The highest BCUT2D eigenvalue weighted by Gasteiger charge is 2.32. The molecule has 33 heavy (non-hydrogen) atoms. The molecule has 6 nitrogen and oxygen atoms in total. The Labute approximate surface area is 202 Å². The molecule has 0 bridgehead atoms. The first-order valence-electron chi connectivity index (χ1n) is 10.8. The number of hydrogen-bond donors (Lipinski definition) is 0. The third-order valence-corrected chi connectivity index (χ3v) is 6.71. The molecule has 3 aromatic rings. The number of ether oxygens (including phenoxy) is 1. The Morgan fingerprint density at radius 1 is 1.21 bits per heavy atom. The Bertz CT molecular complexity index is 1340. The van der Waals surface area contributed by atoms with Gasteiger partial charge in [-0.2, -0.15) is 4.98 Å². The molecular weight excluding hydrogens is 454 g/mol. The first-order chi connectivity index (χ1) is 15.8. The molecule has 0 N–H and O–H groups in total. The summed E-state index contributed by atoms with van der Waals surface area (Å²) in [4.78, 5) is 32.9. The average Bonchev–Trinajstić information content (AvgIpc) is 3.04. The van der Waals surface area contributed by atoms with Crippen molar-refractivity contribution in [3.63, 3.8) is 0 Å². The van der Waals surface area contributed by atoms with Crippen LogP contribution >= 0.6 is 24.0 Å². The fraction of sp³-hybridized carbons (Fsp3) is 0.280. The fourth-order valence-electron chi connectivity index (χ4n) is 3.64. The van der Waals surface area contributed by atoms with Crippen molar-refractivity contribution in [1.29, 1.82) is 0 Å². The summed E-state index contributed by atoms with van der Waals surface area (Å²) >= 11 is 6.57. The van der Waals surface area contributed by atoms with Crippen molar-refractivity contribution in [3.05, 3.63) is 74.5 Å². The highest BCUT2D eigenvalue weighted by atomic mass is 32.2. The molecule has 0 radical (unpaired) electrons. The van der Waals surface area contributed by atoms with Gasteiger partial charge in [0.05, 0.1) is 4.91 Å². The van der Waals surface area contributed by atoms with Gasteiger partial charge in [-0.15, -0.1) is 0 Å². The molecule has 1 aliphatic heterocycles. The van der Waals surface area contributed by atoms with Crippen molar-refractivity contribution in [2.45, 2.75) is 40.0 Å². The molecule has 8 heteroatoms. The van der Waals surface area contributed by atoms with E-state index in [0.717, 1.165) is 17.5 Å². The Kier molecular flexibility index (Phi) is 6.67. The zero-order chi connectivity index (χ0) is 23.7. The van der Waals surface area contributed by atoms with Gasteiger partial charge < -0.3 is 4.74 Å². The van der Waals surface area contributed by atoms with Gasteiger partial charge in [-0.25, -0.2) is 0 Å². The molecule has 0 unspecified atom stereocenters. The van der Waals surface area contributed by atoms with Crippen molar-refractivity contribution in [1.82, 2.24) is 14.3 Å². The molecule has 1 saturated heterocycles. The van der Waals surface area contributed by atoms with Crippen molar-refractivity contribution < 1.29 is 9.53 Å². The topological polar surface area (TPSA) is 63.9 Å². The van der Waals surface area contributed by atoms with Crippen LogP contribution in [0.2, 0.25) is 0 Å². The molecular formula is C25H25N3O3S2. The number of fused-ring (bicyclic) bond motifs is 1. The van der Waals surface area contributed by atoms with E-state index in [9.17, 15) is 9.59 Å². The monoisotopic (exact) mass is 479 g/mol. The number of thiocarbonyl (C=S) groups is 1. The van der Waals surface area contributed by atoms with Gasteiger partial charge in [0.1, 0.15) is 21.3 Å². The zero-order valence-electron chi connectivity index (χ0n) is 19.0. The summed E-state index contributed by atoms with van der Waals surface area (Å²) in [5.41, 5.74) is 2.42. The van der Waals surface area contributed by atoms with Crippen LogP contribution in [0, 0.1) is 6.92 Å². The van der Waals surface area contributed by atoms with Crippen molar-refractivity contribution >= 4 is 45.9 Å². The van der Waals surface area contributed by atoms with Crippen LogP contribution in [0.15, 0.2) is 52.3 Å². The lowest BCUT2D eigenvalue weighted by Gasteiger charge is -2.16. The minimum Gasteiger partial charge on any atom is -0.438 e. The normalized spacial score (nSPS) is 15.3. The molecule has 1 fully saturated rings. The number of nitrogens with zero attached hydrogens (tertiary/aromatic N) is 3. The highest BCUT2D eigenvalue weighted by Crippen LogP contribution is 2.35. The molecule has 4 rings (SSSR count). The van der Waals surface area contributed by atoms with Crippen LogP contribution in [0.3, 0.4) is 0 Å². The average molecular weight is 480 g/mol. The molecule has 2 aromatic heterocycles. The first-order valence-corrected chi connectivity index (χ1v) is 12.1. The third kappa shape index (κ3) is 4.58. The minimum atomic E-state index is -0.310. The fourth-order valence-corrected chi connectivity index (χ4v) is 4.93. The number of amides is 1. The van der Waals surface area contributed by atoms with Crippen molar-refractivity contribution in [2.75, 3.05) is 6.54 Å². The van der Waals surface area contributed by atoms with Gasteiger partial charge in [-0.05, 0) is 54.7 Å². The number of hydrogen-bond acceptors (Lipinski definition) is 6. The third-order valence-electron chi connectivity index (χ3n) is 5.33. The first kappa shape index (κ1) is 23.2. The highest BCUT2D eigenvalue weighted by molar-refractivity contribution is 8.26. The van der Waals surface area contributed by atoms with Gasteiger partial charge >= 0.3 is 0 Å². The molecule has 170 valence electrons. The SMILES string of the molecule is CCCN1C(=O)C(=Cc2c(Oc3cc(C)ccc3C(C)C)nc3ccccn3c2=O)SC1=S. The van der Waals surface area contributed by atoms with Gasteiger partial charge in [-0.3, -0.25) is 18.9 Å². The van der Waals surface area contributed by atoms with E-state index < -0.39 is 0 Å². The number of thioether (sulfide) groups is 1. The van der Waals surface area contributed by atoms with E-state index in [2.05, 4.69) is 18.8 Å². The zero-order valence-corrected chi connectivity index (χ0v) is 20.6. The van der Waals surface area contributed by atoms with E-state index in [0.29, 0.717) is 27.2 Å². The Morgan fingerprint density at radius 2 is 2.00 bits per heavy atom. The molecule has 0 saturated carbocycles. The smallest absolute Gasteiger partial charge is 0.269 e. The number of aryl methyl sites for hydroxylation is 1. The summed E-state index contributed by atoms with van der Waals surface area (Å²) in [5.74, 6) is 0.828. The molecule has 1 amide bonds. The van der Waals surface area contributed by atoms with Crippen LogP contribution in [-0.4, -0.2) is 31.1 Å². The van der Waals surface area contributed by atoms with Crippen LogP contribution in [-0.2, 0) is 4.79 Å². The van der Waals surface area contributed by atoms with Gasteiger partial charge in [0, 0.05) is 12.7 Å². The van der Waals surface area contributed by atoms with Crippen LogP contribution in [0.25, 0.3) is 11.7 Å². The summed E-state index contributed by atoms with van der Waals surface area (Å²) in [5, 5.41) is 0. The molecule has 1 aliphatic rings. The summed E-state index contributed by atoms with van der Waals surface area (Å²) < 4.78 is 8.22. The minimum absolute atomic E-state index is 0.166. The van der Waals surface area contributed by atoms with Crippen LogP contribution in [0.4, 0.5) is 0 Å². The molecule has 3 heterocycles. The van der Waals surface area contributed by atoms with Gasteiger partial charge in [0.25, 0.3) is 11.5 Å². The second kappa shape index (κ2) is 9.49. The summed E-state index contributed by atoms with van der Waals surface area (Å²) in [7, 11) is 0. The Hall–Kier alpha value is -2.97. The van der Waals surface area contributed by atoms with Gasteiger partial charge in [0.2, 0.25) is 5.88 Å². The van der Waals surface area contributed by atoms with Crippen LogP contribution < -0.4 is 10.3 Å². The second-order valence-corrected chi connectivity index (χ2v) is 9.87. The maximum Gasteiger partial charge on any atom is 0.269 e. The summed E-state index contributed by atoms with van der Waals surface area (Å²) in [6.45, 7) is 8.68. The van der Waals surface area contributed by atoms with Gasteiger partial charge in [0.15, 0.2) is 0 Å². The Balaban J connectivity index is 1.89. The van der Waals surface area contributed by atoms with E-state index in [4.69, 9.17) is 17.0 Å². The predicted molar refractivity (Wildman–Crippen MR) is 137 cm³/mol. The molecule has 0 aliphatic carbocycles. The van der Waals surface area contributed by atoms with Crippen molar-refractivity contribution in [2.24, 2.45) is 0 Å². The van der Waals surface area contributed by atoms with E-state index in [1.807, 2.05) is 38.1 Å². The number of aromatic nitrogens is 2. The number of benzene rings is 1. The van der Waals surface area contributed by atoms with E-state index in [1.165, 1.54) is 16.2 Å². The van der Waals surface area contributed by atoms with Crippen molar-refractivity contribution in [3.8, 4) is 11.6 Å². The largest absolute Gasteiger partial charge is 0.438 e.